The second kappa shape index (κ2) is 10.5. The van der Waals surface area contributed by atoms with Gasteiger partial charge in [0.1, 0.15) is 6.61 Å². The van der Waals surface area contributed by atoms with Crippen molar-refractivity contribution in [3.63, 3.8) is 0 Å². The highest BCUT2D eigenvalue weighted by Gasteiger charge is 2.44. The molecule has 1 fully saturated rings. The SMILES string of the molecule is COC(CNC(=O)OCC1c2ccccc2-c2ccccc21)C(=O)NC1CCCCC1(C)C(=O)O. The average Bonchev–Trinajstić information content (AvgIpc) is 3.18. The van der Waals surface area contributed by atoms with Crippen LogP contribution in [-0.2, 0) is 19.1 Å². The van der Waals surface area contributed by atoms with Gasteiger partial charge in [0.05, 0.1) is 12.0 Å². The molecule has 2 aromatic carbocycles. The Morgan fingerprint density at radius 2 is 1.69 bits per heavy atom. The van der Waals surface area contributed by atoms with Crippen LogP contribution in [0.5, 0.6) is 0 Å². The van der Waals surface area contributed by atoms with E-state index in [9.17, 15) is 19.5 Å². The van der Waals surface area contributed by atoms with E-state index in [4.69, 9.17) is 9.47 Å². The molecule has 8 nitrogen and oxygen atoms in total. The summed E-state index contributed by atoms with van der Waals surface area (Å²) >= 11 is 0. The standard InChI is InChI=1S/C27H32N2O6/c1-27(25(31)32)14-8-7-13-23(27)29-24(30)22(34-2)15-28-26(33)35-16-21-19-11-5-3-9-17(19)18-10-4-6-12-20(18)21/h3-6,9-12,21-23H,7-8,13-16H2,1-2H3,(H,28,33)(H,29,30)(H,31,32). The Kier molecular flexibility index (Phi) is 7.40. The lowest BCUT2D eigenvalue weighted by Crippen LogP contribution is -2.55. The first-order valence-corrected chi connectivity index (χ1v) is 12.0. The molecule has 3 N–H and O–H groups in total. The van der Waals surface area contributed by atoms with Gasteiger partial charge >= 0.3 is 12.1 Å². The van der Waals surface area contributed by atoms with Crippen molar-refractivity contribution >= 4 is 18.0 Å². The van der Waals surface area contributed by atoms with Gasteiger partial charge in [-0.15, -0.1) is 0 Å². The van der Waals surface area contributed by atoms with Gasteiger partial charge in [-0.1, -0.05) is 61.4 Å². The van der Waals surface area contributed by atoms with E-state index in [0.29, 0.717) is 12.8 Å². The quantitative estimate of drug-likeness (QED) is 0.531. The van der Waals surface area contributed by atoms with E-state index < -0.39 is 35.5 Å². The first-order valence-electron chi connectivity index (χ1n) is 12.0. The van der Waals surface area contributed by atoms with Gasteiger partial charge in [0.2, 0.25) is 0 Å². The van der Waals surface area contributed by atoms with Crippen LogP contribution >= 0.6 is 0 Å². The largest absolute Gasteiger partial charge is 0.481 e. The Bertz CT molecular complexity index is 1060. The lowest BCUT2D eigenvalue weighted by molar-refractivity contribution is -0.152. The molecule has 3 atom stereocenters. The van der Waals surface area contributed by atoms with Crippen molar-refractivity contribution in [1.82, 2.24) is 10.6 Å². The average molecular weight is 481 g/mol. The predicted molar refractivity (Wildman–Crippen MR) is 130 cm³/mol. The topological polar surface area (TPSA) is 114 Å². The predicted octanol–water partition coefficient (Wildman–Crippen LogP) is 3.69. The van der Waals surface area contributed by atoms with Crippen LogP contribution in [0.2, 0.25) is 0 Å². The Morgan fingerprint density at radius 3 is 2.29 bits per heavy atom. The van der Waals surface area contributed by atoms with Crippen LogP contribution in [0.15, 0.2) is 48.5 Å². The van der Waals surface area contributed by atoms with Gasteiger partial charge in [0.15, 0.2) is 6.10 Å². The van der Waals surface area contributed by atoms with E-state index in [1.807, 2.05) is 36.4 Å². The molecule has 0 aromatic heterocycles. The zero-order valence-electron chi connectivity index (χ0n) is 20.1. The Morgan fingerprint density at radius 1 is 1.06 bits per heavy atom. The Labute approximate surface area is 205 Å². The maximum atomic E-state index is 12.8. The number of aliphatic carboxylic acids is 1. The molecule has 4 rings (SSSR count). The van der Waals surface area contributed by atoms with Crippen LogP contribution in [0.25, 0.3) is 11.1 Å². The number of alkyl carbamates (subject to hydrolysis) is 1. The van der Waals surface area contributed by atoms with E-state index in [-0.39, 0.29) is 19.1 Å². The molecule has 2 aliphatic carbocycles. The fraction of sp³-hybridized carbons (Fsp3) is 0.444. The number of rotatable bonds is 8. The zero-order chi connectivity index (χ0) is 25.0. The lowest BCUT2D eigenvalue weighted by atomic mass is 9.71. The Balaban J connectivity index is 1.32. The molecule has 2 aliphatic rings. The molecule has 8 heteroatoms. The van der Waals surface area contributed by atoms with Gasteiger partial charge in [-0.3, -0.25) is 9.59 Å². The first-order chi connectivity index (χ1) is 16.8. The monoisotopic (exact) mass is 480 g/mol. The molecule has 35 heavy (non-hydrogen) atoms. The maximum absolute atomic E-state index is 12.8. The molecular weight excluding hydrogens is 448 g/mol. The molecule has 186 valence electrons. The maximum Gasteiger partial charge on any atom is 0.407 e. The van der Waals surface area contributed by atoms with Gasteiger partial charge in [-0.05, 0) is 42.0 Å². The van der Waals surface area contributed by atoms with E-state index >= 15 is 0 Å². The molecule has 2 aromatic rings. The van der Waals surface area contributed by atoms with E-state index in [1.54, 1.807) is 6.92 Å². The molecule has 0 bridgehead atoms. The van der Waals surface area contributed by atoms with Crippen molar-refractivity contribution in [1.29, 1.82) is 0 Å². The molecular formula is C27H32N2O6. The third kappa shape index (κ3) is 5.03. The van der Waals surface area contributed by atoms with E-state index in [0.717, 1.165) is 35.1 Å². The minimum atomic E-state index is -1.02. The van der Waals surface area contributed by atoms with Crippen molar-refractivity contribution in [2.24, 2.45) is 5.41 Å². The van der Waals surface area contributed by atoms with Gasteiger partial charge < -0.3 is 25.2 Å². The molecule has 0 heterocycles. The number of hydrogen-bond acceptors (Lipinski definition) is 5. The number of nitrogens with one attached hydrogen (secondary N) is 2. The summed E-state index contributed by atoms with van der Waals surface area (Å²) in [6, 6.07) is 15.7. The van der Waals surface area contributed by atoms with Gasteiger partial charge in [0, 0.05) is 19.1 Å². The number of ether oxygens (including phenoxy) is 2. The molecule has 3 unspecified atom stereocenters. The molecule has 0 saturated heterocycles. The van der Waals surface area contributed by atoms with Crippen LogP contribution in [0, 0.1) is 5.41 Å². The fourth-order valence-corrected chi connectivity index (χ4v) is 5.19. The normalized spacial score (nSPS) is 21.9. The van der Waals surface area contributed by atoms with Crippen LogP contribution in [0.1, 0.15) is 49.7 Å². The van der Waals surface area contributed by atoms with Crippen molar-refractivity contribution in [2.45, 2.75) is 50.7 Å². The second-order valence-electron chi connectivity index (χ2n) is 9.46. The molecule has 2 amide bonds. The second-order valence-corrected chi connectivity index (χ2v) is 9.46. The summed E-state index contributed by atoms with van der Waals surface area (Å²) in [5.74, 6) is -1.44. The number of hydrogen-bond donors (Lipinski definition) is 3. The highest BCUT2D eigenvalue weighted by Crippen LogP contribution is 2.44. The lowest BCUT2D eigenvalue weighted by Gasteiger charge is -2.38. The number of benzene rings is 2. The number of carbonyl (C=O) groups excluding carboxylic acids is 2. The molecule has 0 aliphatic heterocycles. The van der Waals surface area contributed by atoms with Gasteiger partial charge in [-0.2, -0.15) is 0 Å². The number of methoxy groups -OCH3 is 1. The third-order valence-corrected chi connectivity index (χ3v) is 7.37. The first kappa shape index (κ1) is 24.7. The minimum Gasteiger partial charge on any atom is -0.481 e. The summed E-state index contributed by atoms with van der Waals surface area (Å²) < 4.78 is 10.8. The number of fused-ring (bicyclic) bond motifs is 3. The van der Waals surface area contributed by atoms with Crippen molar-refractivity contribution in [3.05, 3.63) is 59.7 Å². The van der Waals surface area contributed by atoms with Gasteiger partial charge in [0.25, 0.3) is 5.91 Å². The van der Waals surface area contributed by atoms with Crippen molar-refractivity contribution in [2.75, 3.05) is 20.3 Å². The summed E-state index contributed by atoms with van der Waals surface area (Å²) in [5, 5.41) is 15.1. The molecule has 0 radical (unpaired) electrons. The Hall–Kier alpha value is -3.39. The number of carboxylic acid groups (broad SMARTS) is 1. The summed E-state index contributed by atoms with van der Waals surface area (Å²) in [6.07, 6.45) is 1.15. The number of carboxylic acids is 1. The summed E-state index contributed by atoms with van der Waals surface area (Å²) in [6.45, 7) is 1.74. The van der Waals surface area contributed by atoms with Crippen LogP contribution in [0.4, 0.5) is 4.79 Å². The third-order valence-electron chi connectivity index (χ3n) is 7.37. The van der Waals surface area contributed by atoms with Gasteiger partial charge in [-0.25, -0.2) is 4.79 Å². The molecule has 0 spiro atoms. The summed E-state index contributed by atoms with van der Waals surface area (Å²) in [4.78, 5) is 37.0. The summed E-state index contributed by atoms with van der Waals surface area (Å²) in [7, 11) is 1.38. The fourth-order valence-electron chi connectivity index (χ4n) is 5.19. The van der Waals surface area contributed by atoms with Crippen molar-refractivity contribution < 1.29 is 29.0 Å². The van der Waals surface area contributed by atoms with Crippen LogP contribution < -0.4 is 10.6 Å². The molecule has 1 saturated carbocycles. The van der Waals surface area contributed by atoms with E-state index in [1.165, 1.54) is 7.11 Å². The summed E-state index contributed by atoms with van der Waals surface area (Å²) in [5.41, 5.74) is 3.50. The highest BCUT2D eigenvalue weighted by molar-refractivity contribution is 5.84. The van der Waals surface area contributed by atoms with Crippen LogP contribution in [0.3, 0.4) is 0 Å². The van der Waals surface area contributed by atoms with Crippen molar-refractivity contribution in [3.8, 4) is 11.1 Å². The zero-order valence-corrected chi connectivity index (χ0v) is 20.1. The smallest absolute Gasteiger partial charge is 0.407 e. The van der Waals surface area contributed by atoms with Crippen LogP contribution in [-0.4, -0.2) is 55.5 Å². The number of carbonyl (C=O) groups is 3. The van der Waals surface area contributed by atoms with E-state index in [2.05, 4.69) is 22.8 Å². The minimum absolute atomic E-state index is 0.0605. The number of amides is 2. The highest BCUT2D eigenvalue weighted by atomic mass is 16.5.